The van der Waals surface area contributed by atoms with Gasteiger partial charge < -0.3 is 15.0 Å². The van der Waals surface area contributed by atoms with Crippen LogP contribution in [-0.4, -0.2) is 49.9 Å². The Balaban J connectivity index is 1.79. The summed E-state index contributed by atoms with van der Waals surface area (Å²) in [5.74, 6) is -0.778. The van der Waals surface area contributed by atoms with Crippen molar-refractivity contribution < 1.29 is 14.3 Å². The van der Waals surface area contributed by atoms with Crippen LogP contribution in [0, 0.1) is 12.8 Å². The number of carbonyl (C=O) groups is 2. The number of amides is 2. The number of rotatable bonds is 6. The van der Waals surface area contributed by atoms with E-state index in [1.807, 2.05) is 26.0 Å². The monoisotopic (exact) mass is 475 g/mol. The Bertz CT molecular complexity index is 888. The van der Waals surface area contributed by atoms with E-state index >= 15 is 0 Å². The second-order valence-electron chi connectivity index (χ2n) is 7.97. The quantitative estimate of drug-likeness (QED) is 0.673. The molecule has 1 saturated heterocycles. The highest BCUT2D eigenvalue weighted by Gasteiger charge is 2.26. The van der Waals surface area contributed by atoms with E-state index in [-0.39, 0.29) is 18.4 Å². The normalized spacial score (nSPS) is 19.9. The van der Waals surface area contributed by atoms with E-state index in [1.54, 1.807) is 6.92 Å². The summed E-state index contributed by atoms with van der Waals surface area (Å²) in [6.45, 7) is 10.5. The number of benzene rings is 1. The summed E-state index contributed by atoms with van der Waals surface area (Å²) >= 11 is 3.58. The molecule has 0 radical (unpaired) electrons. The Hall–Kier alpha value is -1.99. The maximum absolute atomic E-state index is 13.0. The van der Waals surface area contributed by atoms with Crippen LogP contribution < -0.4 is 10.2 Å². The van der Waals surface area contributed by atoms with Crippen LogP contribution in [0.1, 0.15) is 49.5 Å². The van der Waals surface area contributed by atoms with E-state index in [2.05, 4.69) is 44.1 Å². The van der Waals surface area contributed by atoms with Gasteiger partial charge in [-0.25, -0.2) is 4.99 Å². The topological polar surface area (TPSA) is 71.0 Å². The Morgan fingerprint density at radius 1 is 1.27 bits per heavy atom. The third-order valence-corrected chi connectivity index (χ3v) is 6.37. The lowest BCUT2D eigenvalue weighted by molar-refractivity contribution is -0.120. The number of nitrogens with zero attached hydrogens (tertiary/aromatic N) is 2. The molecule has 1 aromatic rings. The van der Waals surface area contributed by atoms with Crippen LogP contribution in [0.15, 0.2) is 33.2 Å². The molecule has 6 nitrogen and oxygen atoms in total. The summed E-state index contributed by atoms with van der Waals surface area (Å²) in [6, 6.07) is 4.33. The molecule has 1 unspecified atom stereocenters. The third kappa shape index (κ3) is 5.01. The zero-order valence-corrected chi connectivity index (χ0v) is 19.7. The molecule has 0 aliphatic carbocycles. The zero-order chi connectivity index (χ0) is 21.8. The number of ether oxygens (including phenoxy) is 1. The van der Waals surface area contributed by atoms with Crippen LogP contribution in [-0.2, 0) is 9.53 Å². The average molecular weight is 476 g/mol. The van der Waals surface area contributed by atoms with Crippen molar-refractivity contribution in [3.63, 3.8) is 0 Å². The molecule has 0 bridgehead atoms. The van der Waals surface area contributed by atoms with Crippen molar-refractivity contribution in [1.82, 2.24) is 5.32 Å². The van der Waals surface area contributed by atoms with Crippen LogP contribution >= 0.6 is 15.9 Å². The SMILES string of the molecule is CCN(c1cc(Br)cc(C(=O)NCC2C(=O)N=C(C)C=C2C)c1C)C1CCOCC1. The van der Waals surface area contributed by atoms with Crippen molar-refractivity contribution in [3.8, 4) is 0 Å². The molecule has 162 valence electrons. The van der Waals surface area contributed by atoms with Gasteiger partial charge in [0, 0.05) is 53.8 Å². The van der Waals surface area contributed by atoms with Crippen molar-refractivity contribution in [2.75, 3.05) is 31.2 Å². The molecule has 2 heterocycles. The molecule has 1 atom stereocenters. The minimum absolute atomic E-state index is 0.176. The van der Waals surface area contributed by atoms with Gasteiger partial charge in [-0.2, -0.15) is 0 Å². The summed E-state index contributed by atoms with van der Waals surface area (Å²) in [6.07, 6.45) is 3.86. The highest BCUT2D eigenvalue weighted by molar-refractivity contribution is 9.10. The van der Waals surface area contributed by atoms with Gasteiger partial charge in [-0.05, 0) is 64.3 Å². The third-order valence-electron chi connectivity index (χ3n) is 5.91. The first-order valence-corrected chi connectivity index (χ1v) is 11.3. The van der Waals surface area contributed by atoms with E-state index in [0.717, 1.165) is 53.9 Å². The fourth-order valence-corrected chi connectivity index (χ4v) is 4.71. The molecule has 7 heteroatoms. The molecule has 3 rings (SSSR count). The molecule has 1 N–H and O–H groups in total. The number of hydrogen-bond donors (Lipinski definition) is 1. The van der Waals surface area contributed by atoms with E-state index in [1.165, 1.54) is 0 Å². The Morgan fingerprint density at radius 3 is 2.60 bits per heavy atom. The van der Waals surface area contributed by atoms with E-state index in [0.29, 0.717) is 17.3 Å². The van der Waals surface area contributed by atoms with Gasteiger partial charge in [0.25, 0.3) is 11.8 Å². The van der Waals surface area contributed by atoms with Gasteiger partial charge >= 0.3 is 0 Å². The van der Waals surface area contributed by atoms with Gasteiger partial charge in [-0.15, -0.1) is 0 Å². The molecule has 0 spiro atoms. The number of halogens is 1. The van der Waals surface area contributed by atoms with E-state index < -0.39 is 5.92 Å². The Kier molecular flexibility index (Phi) is 7.47. The lowest BCUT2D eigenvalue weighted by Gasteiger charge is -2.36. The van der Waals surface area contributed by atoms with Crippen LogP contribution in [0.4, 0.5) is 5.69 Å². The average Bonchev–Trinajstić information content (AvgIpc) is 2.70. The molecule has 30 heavy (non-hydrogen) atoms. The van der Waals surface area contributed by atoms with Crippen LogP contribution in [0.3, 0.4) is 0 Å². The maximum Gasteiger partial charge on any atom is 0.254 e. The second-order valence-corrected chi connectivity index (χ2v) is 8.89. The fraction of sp³-hybridized carbons (Fsp3) is 0.522. The smallest absolute Gasteiger partial charge is 0.254 e. The largest absolute Gasteiger partial charge is 0.381 e. The summed E-state index contributed by atoms with van der Waals surface area (Å²) < 4.78 is 6.38. The van der Waals surface area contributed by atoms with Crippen molar-refractivity contribution >= 4 is 39.1 Å². The highest BCUT2D eigenvalue weighted by atomic mass is 79.9. The molecule has 1 aromatic carbocycles. The number of nitrogens with one attached hydrogen (secondary N) is 1. The molecule has 0 saturated carbocycles. The summed E-state index contributed by atoms with van der Waals surface area (Å²) in [5, 5.41) is 2.95. The van der Waals surface area contributed by atoms with E-state index in [9.17, 15) is 9.59 Å². The van der Waals surface area contributed by atoms with Gasteiger partial charge in [0.2, 0.25) is 0 Å². The molecule has 1 fully saturated rings. The number of anilines is 1. The Morgan fingerprint density at radius 2 is 1.97 bits per heavy atom. The number of hydrogen-bond acceptors (Lipinski definition) is 4. The summed E-state index contributed by atoms with van der Waals surface area (Å²) in [7, 11) is 0. The maximum atomic E-state index is 13.0. The fourth-order valence-electron chi connectivity index (χ4n) is 4.27. The minimum Gasteiger partial charge on any atom is -0.381 e. The predicted octanol–water partition coefficient (Wildman–Crippen LogP) is 4.06. The minimum atomic E-state index is -0.404. The van der Waals surface area contributed by atoms with Crippen molar-refractivity contribution in [2.24, 2.45) is 10.9 Å². The predicted molar refractivity (Wildman–Crippen MR) is 123 cm³/mol. The van der Waals surface area contributed by atoms with E-state index in [4.69, 9.17) is 4.74 Å². The van der Waals surface area contributed by atoms with Crippen molar-refractivity contribution in [2.45, 2.75) is 46.6 Å². The van der Waals surface area contributed by atoms with Crippen molar-refractivity contribution in [3.05, 3.63) is 39.4 Å². The second kappa shape index (κ2) is 9.88. The van der Waals surface area contributed by atoms with Crippen LogP contribution in [0.25, 0.3) is 0 Å². The first-order chi connectivity index (χ1) is 14.3. The molecular weight excluding hydrogens is 446 g/mol. The first kappa shape index (κ1) is 22.7. The van der Waals surface area contributed by atoms with Gasteiger partial charge in [0.05, 0.1) is 5.92 Å². The molecule has 0 aromatic heterocycles. The zero-order valence-electron chi connectivity index (χ0n) is 18.1. The number of carbonyl (C=O) groups excluding carboxylic acids is 2. The first-order valence-electron chi connectivity index (χ1n) is 10.5. The summed E-state index contributed by atoms with van der Waals surface area (Å²) in [5.41, 5.74) is 4.26. The van der Waals surface area contributed by atoms with Gasteiger partial charge in [0.1, 0.15) is 0 Å². The molecular formula is C23H30BrN3O3. The summed E-state index contributed by atoms with van der Waals surface area (Å²) in [4.78, 5) is 31.7. The Labute approximate surface area is 186 Å². The lowest BCUT2D eigenvalue weighted by atomic mass is 9.95. The number of dihydropyridines is 1. The standard InChI is InChI=1S/C23H30BrN3O3/c1-5-27(18-6-8-30-9-7-18)21-12-17(24)11-19(16(21)4)22(28)25-13-20-14(2)10-15(3)26-23(20)29/h10-12,18,20H,5-9,13H2,1-4H3,(H,25,28). The van der Waals surface area contributed by atoms with Crippen molar-refractivity contribution in [1.29, 1.82) is 0 Å². The molecule has 2 aliphatic heterocycles. The molecule has 2 aliphatic rings. The number of allylic oxidation sites excluding steroid dienone is 1. The van der Waals surface area contributed by atoms with Gasteiger partial charge in [-0.1, -0.05) is 21.5 Å². The highest BCUT2D eigenvalue weighted by Crippen LogP contribution is 2.31. The lowest BCUT2D eigenvalue weighted by Crippen LogP contribution is -2.40. The molecule has 2 amide bonds. The van der Waals surface area contributed by atoms with Crippen LogP contribution in [0.2, 0.25) is 0 Å². The van der Waals surface area contributed by atoms with Crippen LogP contribution in [0.5, 0.6) is 0 Å². The van der Waals surface area contributed by atoms with Gasteiger partial charge in [0.15, 0.2) is 0 Å². The van der Waals surface area contributed by atoms with Gasteiger partial charge in [-0.3, -0.25) is 9.59 Å². The number of aliphatic imine (C=N–C) groups is 1.